The summed E-state index contributed by atoms with van der Waals surface area (Å²) in [6, 6.07) is 7.29. The lowest BCUT2D eigenvalue weighted by Gasteiger charge is -2.33. The van der Waals surface area contributed by atoms with E-state index in [1.807, 2.05) is 0 Å². The van der Waals surface area contributed by atoms with Crippen LogP contribution in [0.2, 0.25) is 0 Å². The van der Waals surface area contributed by atoms with Crippen LogP contribution in [-0.4, -0.2) is 44.2 Å². The highest BCUT2D eigenvalue weighted by molar-refractivity contribution is 7.91. The van der Waals surface area contributed by atoms with Crippen LogP contribution in [0.4, 0.5) is 13.2 Å². The van der Waals surface area contributed by atoms with E-state index in [1.54, 1.807) is 16.3 Å². The molecule has 1 amide bonds. The number of alkyl halides is 3. The van der Waals surface area contributed by atoms with Gasteiger partial charge in [-0.1, -0.05) is 12.1 Å². The number of piperidine rings is 1. The molecule has 1 saturated heterocycles. The number of thiophene rings is 1. The molecule has 2 aliphatic rings. The van der Waals surface area contributed by atoms with E-state index in [4.69, 9.17) is 0 Å². The molecule has 1 aliphatic carbocycles. The summed E-state index contributed by atoms with van der Waals surface area (Å²) >= 11 is 1.11. The molecule has 2 fully saturated rings. The number of ether oxygens (including phenoxy) is 1. The van der Waals surface area contributed by atoms with Gasteiger partial charge in [0.05, 0.1) is 0 Å². The Morgan fingerprint density at radius 3 is 2.66 bits per heavy atom. The number of rotatable bonds is 5. The number of likely N-dealkylation sites (tertiary alicyclic amines) is 1. The second-order valence-electron chi connectivity index (χ2n) is 7.10. The molecule has 1 aromatic heterocycles. The summed E-state index contributed by atoms with van der Waals surface area (Å²) in [4.78, 5) is 14.5. The van der Waals surface area contributed by atoms with Crippen LogP contribution in [0.3, 0.4) is 0 Å². The Balaban J connectivity index is 1.50. The van der Waals surface area contributed by atoms with Crippen LogP contribution in [0.15, 0.2) is 46.0 Å². The maximum atomic E-state index is 12.9. The maximum Gasteiger partial charge on any atom is 0.573 e. The number of nitrogens with one attached hydrogen (secondary N) is 1. The molecule has 156 valence electrons. The number of benzene rings is 1. The minimum atomic E-state index is -4.85. The van der Waals surface area contributed by atoms with Crippen LogP contribution >= 0.6 is 11.3 Å². The van der Waals surface area contributed by atoms with Crippen LogP contribution in [0, 0.1) is 5.92 Å². The topological polar surface area (TPSA) is 75.7 Å². The molecule has 4 rings (SSSR count). The van der Waals surface area contributed by atoms with Crippen molar-refractivity contribution in [1.82, 2.24) is 9.62 Å². The fourth-order valence-electron chi connectivity index (χ4n) is 4.05. The molecule has 2 heterocycles. The molecule has 0 radical (unpaired) electrons. The normalized spacial score (nSPS) is 24.1. The molecular weight excluding hydrogens is 429 g/mol. The fourth-order valence-corrected chi connectivity index (χ4v) is 6.34. The zero-order valence-corrected chi connectivity index (χ0v) is 16.6. The van der Waals surface area contributed by atoms with Crippen molar-refractivity contribution in [2.24, 2.45) is 5.92 Å². The molecule has 1 aromatic carbocycles. The molecule has 1 aliphatic heterocycles. The number of amides is 1. The van der Waals surface area contributed by atoms with Crippen molar-refractivity contribution >= 4 is 27.3 Å². The minimum absolute atomic E-state index is 0.0687. The number of fused-ring (bicyclic) bond motifs is 2. The number of halogens is 3. The summed E-state index contributed by atoms with van der Waals surface area (Å²) in [6.45, 7) is 0.449. The van der Waals surface area contributed by atoms with Crippen LogP contribution in [0.5, 0.6) is 5.75 Å². The quantitative estimate of drug-likeness (QED) is 0.765. The van der Waals surface area contributed by atoms with E-state index in [-0.39, 0.29) is 21.7 Å². The Morgan fingerprint density at radius 2 is 2.00 bits per heavy atom. The Morgan fingerprint density at radius 1 is 1.21 bits per heavy atom. The first-order chi connectivity index (χ1) is 13.6. The average Bonchev–Trinajstić information content (AvgIpc) is 3.36. The molecule has 1 N–H and O–H groups in total. The first-order valence-electron chi connectivity index (χ1n) is 8.85. The molecule has 6 nitrogen and oxygen atoms in total. The lowest BCUT2D eigenvalue weighted by molar-refractivity contribution is -0.274. The van der Waals surface area contributed by atoms with E-state index in [0.717, 1.165) is 23.5 Å². The van der Waals surface area contributed by atoms with Gasteiger partial charge < -0.3 is 9.64 Å². The molecule has 3 atom stereocenters. The van der Waals surface area contributed by atoms with Gasteiger partial charge in [-0.15, -0.1) is 24.5 Å². The Hall–Kier alpha value is -2.11. The fraction of sp³-hybridized carbons (Fsp3) is 0.389. The smallest absolute Gasteiger partial charge is 0.406 e. The summed E-state index contributed by atoms with van der Waals surface area (Å²) in [5, 5.41) is 1.67. The van der Waals surface area contributed by atoms with Gasteiger partial charge in [0.25, 0.3) is 5.91 Å². The molecular formula is C18H17F3N2O4S2. The zero-order valence-electron chi connectivity index (χ0n) is 14.9. The largest absolute Gasteiger partial charge is 0.573 e. The highest BCUT2D eigenvalue weighted by atomic mass is 32.2. The first kappa shape index (κ1) is 20.2. The summed E-state index contributed by atoms with van der Waals surface area (Å²) in [5.41, 5.74) is 0.0687. The number of hydrogen-bond acceptors (Lipinski definition) is 5. The van der Waals surface area contributed by atoms with Crippen molar-refractivity contribution in [3.05, 3.63) is 47.3 Å². The van der Waals surface area contributed by atoms with E-state index in [2.05, 4.69) is 9.46 Å². The lowest BCUT2D eigenvalue weighted by atomic mass is 10.1. The van der Waals surface area contributed by atoms with Crippen molar-refractivity contribution < 1.29 is 31.1 Å². The molecule has 11 heteroatoms. The monoisotopic (exact) mass is 446 g/mol. The van der Waals surface area contributed by atoms with Crippen molar-refractivity contribution in [2.45, 2.75) is 35.5 Å². The highest BCUT2D eigenvalue weighted by Gasteiger charge is 2.48. The van der Waals surface area contributed by atoms with Gasteiger partial charge >= 0.3 is 6.36 Å². The highest BCUT2D eigenvalue weighted by Crippen LogP contribution is 2.39. The van der Waals surface area contributed by atoms with Crippen LogP contribution in [-0.2, 0) is 10.0 Å². The van der Waals surface area contributed by atoms with Gasteiger partial charge in [0.2, 0.25) is 10.0 Å². The summed E-state index contributed by atoms with van der Waals surface area (Å²) in [6.07, 6.45) is -3.57. The first-order valence-corrected chi connectivity index (χ1v) is 11.2. The number of carbonyl (C=O) groups is 1. The number of nitrogens with zero attached hydrogens (tertiary/aromatic N) is 1. The molecule has 0 spiro atoms. The van der Waals surface area contributed by atoms with Gasteiger partial charge in [-0.3, -0.25) is 4.79 Å². The Kier molecular flexibility index (Phi) is 5.07. The zero-order chi connectivity index (χ0) is 20.8. The third kappa shape index (κ3) is 4.26. The van der Waals surface area contributed by atoms with Crippen LogP contribution in [0.25, 0.3) is 0 Å². The third-order valence-electron chi connectivity index (χ3n) is 5.12. The summed E-state index contributed by atoms with van der Waals surface area (Å²) in [7, 11) is -3.68. The molecule has 2 bridgehead atoms. The second-order valence-corrected chi connectivity index (χ2v) is 9.99. The van der Waals surface area contributed by atoms with Gasteiger partial charge in [0.15, 0.2) is 0 Å². The van der Waals surface area contributed by atoms with Gasteiger partial charge in [-0.2, -0.15) is 0 Å². The maximum absolute atomic E-state index is 12.9. The number of sulfonamides is 1. The van der Waals surface area contributed by atoms with Gasteiger partial charge in [0.1, 0.15) is 9.96 Å². The Labute approximate surface area is 169 Å². The molecule has 0 unspecified atom stereocenters. The van der Waals surface area contributed by atoms with Gasteiger partial charge in [0, 0.05) is 24.2 Å². The SMILES string of the molecule is O=C(c1cccc(OC(F)(F)F)c1)N1C[C@@H]2C[C@H](NS(=O)(=O)c3cccs3)[C@H]1C2. The van der Waals surface area contributed by atoms with Crippen molar-refractivity contribution in [3.63, 3.8) is 0 Å². The van der Waals surface area contributed by atoms with E-state index in [1.165, 1.54) is 18.2 Å². The predicted molar refractivity (Wildman–Crippen MR) is 99.1 cm³/mol. The van der Waals surface area contributed by atoms with E-state index < -0.39 is 34.1 Å². The van der Waals surface area contributed by atoms with Crippen molar-refractivity contribution in [1.29, 1.82) is 0 Å². The molecule has 29 heavy (non-hydrogen) atoms. The Bertz CT molecular complexity index is 1010. The number of hydrogen-bond donors (Lipinski definition) is 1. The van der Waals surface area contributed by atoms with E-state index in [0.29, 0.717) is 19.4 Å². The molecule has 2 aromatic rings. The van der Waals surface area contributed by atoms with E-state index >= 15 is 0 Å². The van der Waals surface area contributed by atoms with Crippen molar-refractivity contribution in [3.8, 4) is 5.75 Å². The molecule has 1 saturated carbocycles. The number of carbonyl (C=O) groups excluding carboxylic acids is 1. The van der Waals surface area contributed by atoms with Crippen LogP contribution in [0.1, 0.15) is 23.2 Å². The predicted octanol–water partition coefficient (Wildman–Crippen LogP) is 3.23. The average molecular weight is 446 g/mol. The van der Waals surface area contributed by atoms with E-state index in [9.17, 15) is 26.4 Å². The summed E-state index contributed by atoms with van der Waals surface area (Å²) in [5.74, 6) is -0.762. The third-order valence-corrected chi connectivity index (χ3v) is 8.01. The summed E-state index contributed by atoms with van der Waals surface area (Å²) < 4.78 is 69.1. The lowest BCUT2D eigenvalue weighted by Crippen LogP contribution is -2.51. The van der Waals surface area contributed by atoms with Crippen molar-refractivity contribution in [2.75, 3.05) is 6.54 Å². The minimum Gasteiger partial charge on any atom is -0.406 e. The van der Waals surface area contributed by atoms with Crippen LogP contribution < -0.4 is 9.46 Å². The van der Waals surface area contributed by atoms with Gasteiger partial charge in [-0.25, -0.2) is 13.1 Å². The standard InChI is InChI=1S/C18H17F3N2O4S2/c19-18(20,21)27-13-4-1-3-12(9-13)17(24)23-10-11-7-14(15(23)8-11)22-29(25,26)16-5-2-6-28-16/h1-6,9,11,14-15,22H,7-8,10H2/t11-,14+,15-/m1/s1. The second kappa shape index (κ2) is 7.29. The van der Waals surface area contributed by atoms with Gasteiger partial charge in [-0.05, 0) is 48.4 Å².